The Labute approximate surface area is 132 Å². The van der Waals surface area contributed by atoms with Crippen molar-refractivity contribution < 1.29 is 9.53 Å². The van der Waals surface area contributed by atoms with Crippen molar-refractivity contribution in [1.82, 2.24) is 9.55 Å². The topological polar surface area (TPSA) is 73.2 Å². The van der Waals surface area contributed by atoms with Crippen molar-refractivity contribution in [3.05, 3.63) is 64.7 Å². The van der Waals surface area contributed by atoms with Crippen LogP contribution < -0.4 is 15.5 Å². The number of ether oxygens (including phenoxy) is 1. The van der Waals surface area contributed by atoms with Crippen molar-refractivity contribution in [2.45, 2.75) is 0 Å². The quantitative estimate of drug-likeness (QED) is 0.805. The fourth-order valence-corrected chi connectivity index (χ4v) is 2.40. The smallest absolute Gasteiger partial charge is 0.261 e. The number of rotatable bonds is 3. The van der Waals surface area contributed by atoms with Crippen LogP contribution in [0, 0.1) is 0 Å². The molecule has 2 aromatic heterocycles. The molecular formula is C17H15N3O3. The lowest BCUT2D eigenvalue weighted by atomic mass is 10.1. The van der Waals surface area contributed by atoms with Gasteiger partial charge in [-0.25, -0.2) is 0 Å². The Balaban J connectivity index is 2.09. The zero-order valence-corrected chi connectivity index (χ0v) is 12.7. The Kier molecular flexibility index (Phi) is 3.80. The minimum absolute atomic E-state index is 0.0668. The average Bonchev–Trinajstić information content (AvgIpc) is 2.58. The molecule has 0 aliphatic carbocycles. The highest BCUT2D eigenvalue weighted by molar-refractivity contribution is 6.05. The Bertz CT molecular complexity index is 933. The van der Waals surface area contributed by atoms with Crippen LogP contribution in [0.4, 0.5) is 5.69 Å². The number of carbonyl (C=O) groups is 1. The minimum atomic E-state index is -0.469. The molecule has 0 bridgehead atoms. The molecule has 0 saturated heterocycles. The van der Waals surface area contributed by atoms with E-state index < -0.39 is 5.91 Å². The molecule has 3 rings (SSSR count). The van der Waals surface area contributed by atoms with Gasteiger partial charge in [0.15, 0.2) is 0 Å². The Morgan fingerprint density at radius 1 is 1.30 bits per heavy atom. The van der Waals surface area contributed by atoms with Gasteiger partial charge in [0.2, 0.25) is 5.43 Å². The van der Waals surface area contributed by atoms with E-state index in [2.05, 4.69) is 10.3 Å². The predicted octanol–water partition coefficient (Wildman–Crippen LogP) is 2.19. The maximum absolute atomic E-state index is 12.6. The number of nitrogens with one attached hydrogen (secondary N) is 1. The number of benzene rings is 1. The van der Waals surface area contributed by atoms with Gasteiger partial charge in [-0.05, 0) is 30.3 Å². The SMILES string of the molecule is COc1ccc2c(c1)c(=O)c(C(=O)Nc1cccnc1)cn2C. The number of carbonyl (C=O) groups excluding carboxylic acids is 1. The molecule has 0 radical (unpaired) electrons. The number of fused-ring (bicyclic) bond motifs is 1. The van der Waals surface area contributed by atoms with Crippen LogP contribution in [0.1, 0.15) is 10.4 Å². The predicted molar refractivity (Wildman–Crippen MR) is 87.9 cm³/mol. The third-order valence-corrected chi connectivity index (χ3v) is 3.56. The zero-order valence-electron chi connectivity index (χ0n) is 12.7. The van der Waals surface area contributed by atoms with Gasteiger partial charge in [-0.2, -0.15) is 0 Å². The molecule has 3 aromatic rings. The van der Waals surface area contributed by atoms with E-state index in [1.165, 1.54) is 19.5 Å². The molecule has 0 atom stereocenters. The van der Waals surface area contributed by atoms with Gasteiger partial charge >= 0.3 is 0 Å². The third-order valence-electron chi connectivity index (χ3n) is 3.56. The zero-order chi connectivity index (χ0) is 16.4. The molecule has 6 nitrogen and oxygen atoms in total. The maximum Gasteiger partial charge on any atom is 0.261 e. The number of nitrogens with zero attached hydrogens (tertiary/aromatic N) is 2. The van der Waals surface area contributed by atoms with Gasteiger partial charge in [0.25, 0.3) is 5.91 Å². The van der Waals surface area contributed by atoms with E-state index in [1.54, 1.807) is 48.1 Å². The largest absolute Gasteiger partial charge is 0.497 e. The highest BCUT2D eigenvalue weighted by Gasteiger charge is 2.15. The fourth-order valence-electron chi connectivity index (χ4n) is 2.40. The van der Waals surface area contributed by atoms with Crippen LogP contribution >= 0.6 is 0 Å². The van der Waals surface area contributed by atoms with Crippen LogP contribution in [0.5, 0.6) is 5.75 Å². The molecule has 23 heavy (non-hydrogen) atoms. The molecule has 0 saturated carbocycles. The maximum atomic E-state index is 12.6. The Hall–Kier alpha value is -3.15. The van der Waals surface area contributed by atoms with Crippen molar-refractivity contribution in [1.29, 1.82) is 0 Å². The number of methoxy groups -OCH3 is 1. The normalized spacial score (nSPS) is 10.5. The Morgan fingerprint density at radius 2 is 2.13 bits per heavy atom. The van der Waals surface area contributed by atoms with Gasteiger partial charge in [-0.1, -0.05) is 0 Å². The van der Waals surface area contributed by atoms with Crippen molar-refractivity contribution in [3.63, 3.8) is 0 Å². The van der Waals surface area contributed by atoms with Crippen LogP contribution in [0.2, 0.25) is 0 Å². The van der Waals surface area contributed by atoms with E-state index in [-0.39, 0.29) is 11.0 Å². The summed E-state index contributed by atoms with van der Waals surface area (Å²) in [6.45, 7) is 0. The van der Waals surface area contributed by atoms with E-state index in [1.807, 2.05) is 0 Å². The average molecular weight is 309 g/mol. The summed E-state index contributed by atoms with van der Waals surface area (Å²) in [5.74, 6) is 0.0998. The van der Waals surface area contributed by atoms with Gasteiger partial charge in [-0.15, -0.1) is 0 Å². The van der Waals surface area contributed by atoms with E-state index in [0.717, 1.165) is 5.52 Å². The van der Waals surface area contributed by atoms with Gasteiger partial charge in [0.1, 0.15) is 11.3 Å². The first-order valence-electron chi connectivity index (χ1n) is 6.99. The molecule has 0 unspecified atom stereocenters. The number of aromatic nitrogens is 2. The molecule has 0 aliphatic rings. The van der Waals surface area contributed by atoms with Gasteiger partial charge in [-0.3, -0.25) is 14.6 Å². The number of anilines is 1. The summed E-state index contributed by atoms with van der Waals surface area (Å²) in [7, 11) is 3.32. The molecule has 0 aliphatic heterocycles. The lowest BCUT2D eigenvalue weighted by molar-refractivity contribution is 0.102. The second kappa shape index (κ2) is 5.92. The van der Waals surface area contributed by atoms with Crippen LogP contribution in [0.25, 0.3) is 10.9 Å². The first-order valence-corrected chi connectivity index (χ1v) is 6.99. The lowest BCUT2D eigenvalue weighted by Crippen LogP contribution is -2.23. The van der Waals surface area contributed by atoms with Crippen LogP contribution in [-0.4, -0.2) is 22.6 Å². The van der Waals surface area contributed by atoms with Gasteiger partial charge in [0, 0.05) is 19.4 Å². The van der Waals surface area contributed by atoms with Gasteiger partial charge < -0.3 is 14.6 Å². The minimum Gasteiger partial charge on any atom is -0.497 e. The number of hydrogen-bond donors (Lipinski definition) is 1. The third kappa shape index (κ3) is 2.78. The van der Waals surface area contributed by atoms with E-state index in [0.29, 0.717) is 16.8 Å². The molecule has 1 amide bonds. The number of pyridine rings is 2. The van der Waals surface area contributed by atoms with E-state index in [4.69, 9.17) is 4.74 Å². The number of hydrogen-bond acceptors (Lipinski definition) is 4. The summed E-state index contributed by atoms with van der Waals surface area (Å²) in [6, 6.07) is 8.62. The van der Waals surface area contributed by atoms with Crippen LogP contribution in [0.15, 0.2) is 53.7 Å². The van der Waals surface area contributed by atoms with Crippen molar-refractivity contribution in [2.75, 3.05) is 12.4 Å². The van der Waals surface area contributed by atoms with Crippen molar-refractivity contribution in [3.8, 4) is 5.75 Å². The molecular weight excluding hydrogens is 294 g/mol. The summed E-state index contributed by atoms with van der Waals surface area (Å²) >= 11 is 0. The molecule has 0 spiro atoms. The first-order chi connectivity index (χ1) is 11.1. The fraction of sp³-hybridized carbons (Fsp3) is 0.118. The first kappa shape index (κ1) is 14.8. The monoisotopic (exact) mass is 309 g/mol. The molecule has 1 N–H and O–H groups in total. The molecule has 0 fully saturated rings. The molecule has 116 valence electrons. The summed E-state index contributed by atoms with van der Waals surface area (Å²) in [5.41, 5.74) is 0.995. The highest BCUT2D eigenvalue weighted by Crippen LogP contribution is 2.18. The van der Waals surface area contributed by atoms with Gasteiger partial charge in [0.05, 0.1) is 29.9 Å². The van der Waals surface area contributed by atoms with Crippen LogP contribution in [-0.2, 0) is 7.05 Å². The number of amides is 1. The summed E-state index contributed by atoms with van der Waals surface area (Å²) in [5, 5.41) is 3.11. The van der Waals surface area contributed by atoms with E-state index >= 15 is 0 Å². The second-order valence-electron chi connectivity index (χ2n) is 5.06. The lowest BCUT2D eigenvalue weighted by Gasteiger charge is -2.10. The standard InChI is InChI=1S/C17H15N3O3/c1-20-10-14(17(22)19-11-4-3-7-18-9-11)16(21)13-8-12(23-2)5-6-15(13)20/h3-10H,1-2H3,(H,19,22). The summed E-state index contributed by atoms with van der Waals surface area (Å²) in [6.07, 6.45) is 4.66. The number of aryl methyl sites for hydroxylation is 1. The summed E-state index contributed by atoms with van der Waals surface area (Å²) < 4.78 is 6.90. The van der Waals surface area contributed by atoms with Crippen molar-refractivity contribution >= 4 is 22.5 Å². The van der Waals surface area contributed by atoms with Crippen LogP contribution in [0.3, 0.4) is 0 Å². The summed E-state index contributed by atoms with van der Waals surface area (Å²) in [4.78, 5) is 29.0. The molecule has 2 heterocycles. The Morgan fingerprint density at radius 3 is 2.83 bits per heavy atom. The van der Waals surface area contributed by atoms with Crippen molar-refractivity contribution in [2.24, 2.45) is 7.05 Å². The second-order valence-corrected chi connectivity index (χ2v) is 5.06. The van der Waals surface area contributed by atoms with E-state index in [9.17, 15) is 9.59 Å². The molecule has 1 aromatic carbocycles. The molecule has 6 heteroatoms. The highest BCUT2D eigenvalue weighted by atomic mass is 16.5.